The Kier molecular flexibility index (Phi) is 3.41. The average Bonchev–Trinajstić information content (AvgIpc) is 2.79. The van der Waals surface area contributed by atoms with Crippen molar-refractivity contribution in [3.8, 4) is 5.88 Å². The first kappa shape index (κ1) is 14.5. The molecule has 3 N–H and O–H groups in total. The first-order valence-corrected chi connectivity index (χ1v) is 6.70. The van der Waals surface area contributed by atoms with Crippen LogP contribution in [0.5, 0.6) is 5.88 Å². The maximum absolute atomic E-state index is 11.6. The monoisotopic (exact) mass is 312 g/mol. The van der Waals surface area contributed by atoms with Gasteiger partial charge < -0.3 is 15.1 Å². The number of aromatic hydroxyl groups is 1. The molecule has 3 aromatic rings. The van der Waals surface area contributed by atoms with Crippen LogP contribution >= 0.6 is 0 Å². The summed E-state index contributed by atoms with van der Waals surface area (Å²) in [6.07, 6.45) is 3.20. The number of nitro groups is 1. The number of benzene rings is 1. The summed E-state index contributed by atoms with van der Waals surface area (Å²) in [5.74, 6) is -0.878. The normalized spacial score (nSPS) is 11.3. The highest BCUT2D eigenvalue weighted by Gasteiger charge is 2.21. The van der Waals surface area contributed by atoms with Gasteiger partial charge in [0.25, 0.3) is 5.88 Å². The molecule has 3 rings (SSSR count). The van der Waals surface area contributed by atoms with Crippen LogP contribution in [0.3, 0.4) is 0 Å². The van der Waals surface area contributed by atoms with Gasteiger partial charge in [-0.05, 0) is 25.1 Å². The minimum Gasteiger partial charge on any atom is -0.488 e. The number of H-pyrrole nitrogens is 2. The Morgan fingerprint density at radius 3 is 2.70 bits per heavy atom. The van der Waals surface area contributed by atoms with Gasteiger partial charge in [0.1, 0.15) is 5.82 Å². The second-order valence-corrected chi connectivity index (χ2v) is 4.92. The molecule has 0 saturated heterocycles. The maximum Gasteiger partial charge on any atom is 0.395 e. The fraction of sp³-hybridized carbons (Fsp3) is 0.0667. The van der Waals surface area contributed by atoms with E-state index in [2.05, 4.69) is 15.0 Å². The van der Waals surface area contributed by atoms with Gasteiger partial charge in [0.2, 0.25) is 0 Å². The smallest absolute Gasteiger partial charge is 0.395 e. The van der Waals surface area contributed by atoms with Gasteiger partial charge in [-0.3, -0.25) is 14.9 Å². The Labute approximate surface area is 129 Å². The number of aromatic nitrogens is 3. The lowest BCUT2D eigenvalue weighted by atomic mass is 10.1. The molecule has 116 valence electrons. The van der Waals surface area contributed by atoms with Gasteiger partial charge in [-0.15, -0.1) is 0 Å². The summed E-state index contributed by atoms with van der Waals surface area (Å²) in [6, 6.07) is 7.71. The van der Waals surface area contributed by atoms with E-state index in [0.717, 1.165) is 22.2 Å². The zero-order valence-electron chi connectivity index (χ0n) is 12.0. The van der Waals surface area contributed by atoms with Crippen molar-refractivity contribution in [2.75, 3.05) is 0 Å². The molecule has 0 radical (unpaired) electrons. The van der Waals surface area contributed by atoms with Gasteiger partial charge in [-0.25, -0.2) is 0 Å². The van der Waals surface area contributed by atoms with Crippen molar-refractivity contribution < 1.29 is 10.0 Å². The van der Waals surface area contributed by atoms with Crippen molar-refractivity contribution in [2.45, 2.75) is 6.92 Å². The fourth-order valence-corrected chi connectivity index (χ4v) is 2.39. The van der Waals surface area contributed by atoms with Crippen LogP contribution in [-0.2, 0) is 0 Å². The molecule has 2 aromatic heterocycles. The Balaban J connectivity index is 2.04. The molecule has 0 unspecified atom stereocenters. The van der Waals surface area contributed by atoms with E-state index < -0.39 is 22.0 Å². The van der Waals surface area contributed by atoms with Crippen molar-refractivity contribution in [3.63, 3.8) is 0 Å². The summed E-state index contributed by atoms with van der Waals surface area (Å²) >= 11 is 0. The Morgan fingerprint density at radius 1 is 1.26 bits per heavy atom. The maximum atomic E-state index is 11.6. The molecule has 0 fully saturated rings. The number of para-hydroxylation sites is 1. The highest BCUT2D eigenvalue weighted by Crippen LogP contribution is 2.24. The molecule has 0 aliphatic carbocycles. The minimum absolute atomic E-state index is 0.0304. The predicted molar refractivity (Wildman–Crippen MR) is 85.1 cm³/mol. The number of hydrogen-bond acceptors (Lipinski definition) is 5. The second-order valence-electron chi connectivity index (χ2n) is 4.92. The Morgan fingerprint density at radius 2 is 2.00 bits per heavy atom. The molecule has 2 heterocycles. The SMILES string of the molecule is Cc1[nH]c2ccccc2c1/C=C/c1nc(O)c([N+](=O)[O-])c(=O)[nH]1. The van der Waals surface area contributed by atoms with Gasteiger partial charge in [0, 0.05) is 22.2 Å². The van der Waals surface area contributed by atoms with Crippen LogP contribution in [0.2, 0.25) is 0 Å². The summed E-state index contributed by atoms with van der Waals surface area (Å²) in [7, 11) is 0. The third-order valence-electron chi connectivity index (χ3n) is 3.43. The van der Waals surface area contributed by atoms with E-state index in [-0.39, 0.29) is 5.82 Å². The standard InChI is InChI=1S/C15H12N4O4/c1-8-9(10-4-2-3-5-11(10)16-8)6-7-12-17-14(20)13(19(22)23)15(21)18-12/h2-7,16H,1H3,(H2,17,18,20,21)/b7-6+. The van der Waals surface area contributed by atoms with Crippen LogP contribution in [0.1, 0.15) is 17.1 Å². The minimum atomic E-state index is -1.00. The topological polar surface area (TPSA) is 125 Å². The highest BCUT2D eigenvalue weighted by molar-refractivity contribution is 5.92. The van der Waals surface area contributed by atoms with Crippen LogP contribution in [-0.4, -0.2) is 25.0 Å². The average molecular weight is 312 g/mol. The van der Waals surface area contributed by atoms with E-state index in [9.17, 15) is 20.0 Å². The van der Waals surface area contributed by atoms with Crippen molar-refractivity contribution >= 4 is 28.7 Å². The second kappa shape index (κ2) is 5.41. The summed E-state index contributed by atoms with van der Waals surface area (Å²) < 4.78 is 0. The quantitative estimate of drug-likeness (QED) is 0.505. The number of nitrogens with zero attached hydrogens (tertiary/aromatic N) is 2. The predicted octanol–water partition coefficient (Wildman–Crippen LogP) is 2.34. The Hall–Kier alpha value is -3.42. The number of rotatable bonds is 3. The number of nitrogens with one attached hydrogen (secondary N) is 2. The zero-order valence-corrected chi connectivity index (χ0v) is 12.0. The van der Waals surface area contributed by atoms with E-state index in [4.69, 9.17) is 0 Å². The van der Waals surface area contributed by atoms with E-state index in [1.165, 1.54) is 6.08 Å². The van der Waals surface area contributed by atoms with Gasteiger partial charge in [0.05, 0.1) is 4.92 Å². The van der Waals surface area contributed by atoms with E-state index in [0.29, 0.717) is 0 Å². The summed E-state index contributed by atoms with van der Waals surface area (Å²) in [4.78, 5) is 30.4. The van der Waals surface area contributed by atoms with Crippen molar-refractivity contribution in [2.24, 2.45) is 0 Å². The molecule has 0 atom stereocenters. The summed E-state index contributed by atoms with van der Waals surface area (Å²) in [6.45, 7) is 1.91. The molecule has 0 amide bonds. The lowest BCUT2D eigenvalue weighted by Crippen LogP contribution is -2.14. The number of aromatic amines is 2. The van der Waals surface area contributed by atoms with Crippen LogP contribution in [0, 0.1) is 17.0 Å². The first-order chi connectivity index (χ1) is 11.0. The van der Waals surface area contributed by atoms with E-state index in [1.54, 1.807) is 6.08 Å². The lowest BCUT2D eigenvalue weighted by molar-refractivity contribution is -0.387. The molecule has 8 nitrogen and oxygen atoms in total. The fourth-order valence-electron chi connectivity index (χ4n) is 2.39. The molecule has 0 bridgehead atoms. The number of hydrogen-bond donors (Lipinski definition) is 3. The largest absolute Gasteiger partial charge is 0.488 e. The zero-order chi connectivity index (χ0) is 16.6. The summed E-state index contributed by atoms with van der Waals surface area (Å²) in [5, 5.41) is 21.2. The number of fused-ring (bicyclic) bond motifs is 1. The van der Waals surface area contributed by atoms with Crippen LogP contribution < -0.4 is 5.56 Å². The van der Waals surface area contributed by atoms with Crippen LogP contribution in [0.15, 0.2) is 29.1 Å². The molecule has 0 spiro atoms. The van der Waals surface area contributed by atoms with Crippen LogP contribution in [0.4, 0.5) is 5.69 Å². The molecule has 23 heavy (non-hydrogen) atoms. The molecular formula is C15H12N4O4. The molecule has 8 heteroatoms. The van der Waals surface area contributed by atoms with E-state index in [1.807, 2.05) is 31.2 Å². The van der Waals surface area contributed by atoms with Gasteiger partial charge in [-0.2, -0.15) is 4.98 Å². The number of aryl methyl sites for hydroxylation is 1. The van der Waals surface area contributed by atoms with Crippen molar-refractivity contribution in [1.82, 2.24) is 15.0 Å². The highest BCUT2D eigenvalue weighted by atomic mass is 16.6. The summed E-state index contributed by atoms with van der Waals surface area (Å²) in [5.41, 5.74) is 0.831. The van der Waals surface area contributed by atoms with Gasteiger partial charge >= 0.3 is 11.2 Å². The molecule has 0 aliphatic heterocycles. The third-order valence-corrected chi connectivity index (χ3v) is 3.43. The molecule has 1 aromatic carbocycles. The molecule has 0 saturated carbocycles. The van der Waals surface area contributed by atoms with Gasteiger partial charge in [-0.1, -0.05) is 18.2 Å². The van der Waals surface area contributed by atoms with Crippen LogP contribution in [0.25, 0.3) is 23.1 Å². The molecule has 0 aliphatic rings. The first-order valence-electron chi connectivity index (χ1n) is 6.70. The Bertz CT molecular complexity index is 1000. The van der Waals surface area contributed by atoms with E-state index >= 15 is 0 Å². The van der Waals surface area contributed by atoms with Crippen molar-refractivity contribution in [3.05, 3.63) is 61.8 Å². The van der Waals surface area contributed by atoms with Gasteiger partial charge in [0.15, 0.2) is 0 Å². The lowest BCUT2D eigenvalue weighted by Gasteiger charge is -1.97. The van der Waals surface area contributed by atoms with Crippen molar-refractivity contribution in [1.29, 1.82) is 0 Å². The molecular weight excluding hydrogens is 300 g/mol. The third kappa shape index (κ3) is 2.57.